The van der Waals surface area contributed by atoms with Crippen molar-refractivity contribution >= 4 is 34.8 Å². The molecule has 0 aliphatic heterocycles. The van der Waals surface area contributed by atoms with E-state index in [9.17, 15) is 14.4 Å². The van der Waals surface area contributed by atoms with Crippen molar-refractivity contribution in [2.45, 2.75) is 40.2 Å². The molecule has 0 saturated heterocycles. The maximum atomic E-state index is 12.2. The van der Waals surface area contributed by atoms with Crippen LogP contribution in [0.25, 0.3) is 0 Å². The van der Waals surface area contributed by atoms with Gasteiger partial charge < -0.3 is 21.3 Å². The number of nitrogens with one attached hydrogen (secondary N) is 4. The van der Waals surface area contributed by atoms with Gasteiger partial charge in [0.1, 0.15) is 0 Å². The fraction of sp³-hybridized carbons (Fsp3) is 0.348. The first kappa shape index (κ1) is 22.9. The Labute approximate surface area is 177 Å². The minimum atomic E-state index is -0.205. The molecule has 7 nitrogen and oxygen atoms in total. The minimum Gasteiger partial charge on any atom is -0.376 e. The van der Waals surface area contributed by atoms with E-state index in [1.165, 1.54) is 0 Å². The first-order chi connectivity index (χ1) is 14.2. The van der Waals surface area contributed by atoms with Crippen LogP contribution in [0.2, 0.25) is 0 Å². The normalized spacial score (nSPS) is 10.6. The topological polar surface area (TPSA) is 99.3 Å². The van der Waals surface area contributed by atoms with E-state index in [2.05, 4.69) is 21.3 Å². The van der Waals surface area contributed by atoms with Gasteiger partial charge in [-0.3, -0.25) is 14.4 Å². The number of rotatable bonds is 9. The van der Waals surface area contributed by atoms with Crippen LogP contribution >= 0.6 is 0 Å². The predicted octanol–water partition coefficient (Wildman–Crippen LogP) is 3.86. The van der Waals surface area contributed by atoms with Crippen molar-refractivity contribution < 1.29 is 14.4 Å². The van der Waals surface area contributed by atoms with E-state index in [1.807, 2.05) is 27.7 Å². The minimum absolute atomic E-state index is 0.0159. The molecule has 0 heterocycles. The zero-order chi connectivity index (χ0) is 22.1. The fourth-order valence-electron chi connectivity index (χ4n) is 2.69. The third kappa shape index (κ3) is 7.95. The van der Waals surface area contributed by atoms with Crippen LogP contribution in [0.5, 0.6) is 0 Å². The van der Waals surface area contributed by atoms with Gasteiger partial charge in [0.2, 0.25) is 11.8 Å². The first-order valence-electron chi connectivity index (χ1n) is 10.1. The second kappa shape index (κ2) is 11.0. The lowest BCUT2D eigenvalue weighted by atomic mass is 10.1. The lowest BCUT2D eigenvalue weighted by Crippen LogP contribution is -2.30. The molecule has 0 spiro atoms. The summed E-state index contributed by atoms with van der Waals surface area (Å²) < 4.78 is 0. The SMILES string of the molecule is CC(C)CC(=O)Nc1ccc(NCC(=O)Nc2ccc(C(=O)NC(C)C)cc2)cc1. The lowest BCUT2D eigenvalue weighted by Gasteiger charge is -2.11. The largest absolute Gasteiger partial charge is 0.376 e. The number of amides is 3. The van der Waals surface area contributed by atoms with Gasteiger partial charge in [0.15, 0.2) is 0 Å². The van der Waals surface area contributed by atoms with Crippen molar-refractivity contribution in [2.24, 2.45) is 5.92 Å². The van der Waals surface area contributed by atoms with Gasteiger partial charge in [-0.15, -0.1) is 0 Å². The van der Waals surface area contributed by atoms with E-state index in [0.29, 0.717) is 23.6 Å². The van der Waals surface area contributed by atoms with E-state index < -0.39 is 0 Å². The van der Waals surface area contributed by atoms with Crippen molar-refractivity contribution in [1.29, 1.82) is 0 Å². The number of hydrogen-bond acceptors (Lipinski definition) is 4. The highest BCUT2D eigenvalue weighted by Crippen LogP contribution is 2.15. The monoisotopic (exact) mass is 410 g/mol. The molecule has 0 aliphatic carbocycles. The van der Waals surface area contributed by atoms with Gasteiger partial charge in [-0.05, 0) is 68.3 Å². The van der Waals surface area contributed by atoms with E-state index in [-0.39, 0.29) is 30.3 Å². The molecule has 2 rings (SSSR count). The van der Waals surface area contributed by atoms with Gasteiger partial charge in [0.05, 0.1) is 6.54 Å². The maximum Gasteiger partial charge on any atom is 0.251 e. The van der Waals surface area contributed by atoms with Gasteiger partial charge in [0.25, 0.3) is 5.91 Å². The number of hydrogen-bond donors (Lipinski definition) is 4. The van der Waals surface area contributed by atoms with Crippen LogP contribution in [0.3, 0.4) is 0 Å². The van der Waals surface area contributed by atoms with Gasteiger partial charge in [-0.1, -0.05) is 13.8 Å². The van der Waals surface area contributed by atoms with Crippen LogP contribution in [0.1, 0.15) is 44.5 Å². The molecule has 30 heavy (non-hydrogen) atoms. The number of anilines is 3. The van der Waals surface area contributed by atoms with Crippen molar-refractivity contribution in [2.75, 3.05) is 22.5 Å². The number of benzene rings is 2. The van der Waals surface area contributed by atoms with Gasteiger partial charge in [-0.25, -0.2) is 0 Å². The highest BCUT2D eigenvalue weighted by Gasteiger charge is 2.08. The molecule has 0 radical (unpaired) electrons. The summed E-state index contributed by atoms with van der Waals surface area (Å²) in [6.45, 7) is 7.88. The maximum absolute atomic E-state index is 12.2. The van der Waals surface area contributed by atoms with Crippen LogP contribution in [-0.2, 0) is 9.59 Å². The Hall–Kier alpha value is -3.35. The summed E-state index contributed by atoms with van der Waals surface area (Å²) in [5, 5.41) is 11.5. The first-order valence-corrected chi connectivity index (χ1v) is 10.1. The quantitative estimate of drug-likeness (QED) is 0.504. The van der Waals surface area contributed by atoms with Crippen LogP contribution in [0, 0.1) is 5.92 Å². The average molecular weight is 411 g/mol. The third-order valence-electron chi connectivity index (χ3n) is 4.07. The van der Waals surface area contributed by atoms with Gasteiger partial charge >= 0.3 is 0 Å². The average Bonchev–Trinajstić information content (AvgIpc) is 2.67. The zero-order valence-corrected chi connectivity index (χ0v) is 17.9. The molecule has 4 N–H and O–H groups in total. The molecule has 0 unspecified atom stereocenters. The van der Waals surface area contributed by atoms with Crippen molar-refractivity contribution in [3.63, 3.8) is 0 Å². The summed E-state index contributed by atoms with van der Waals surface area (Å²) in [7, 11) is 0. The predicted molar refractivity (Wildman–Crippen MR) is 121 cm³/mol. The van der Waals surface area contributed by atoms with E-state index in [4.69, 9.17) is 0 Å². The summed E-state index contributed by atoms with van der Waals surface area (Å²) in [5.74, 6) is -0.0623. The number of carbonyl (C=O) groups is 3. The van der Waals surface area contributed by atoms with Gasteiger partial charge in [-0.2, -0.15) is 0 Å². The molecule has 3 amide bonds. The Balaban J connectivity index is 1.80. The molecule has 0 fully saturated rings. The molecule has 0 bridgehead atoms. The van der Waals surface area contributed by atoms with Crippen LogP contribution in [-0.4, -0.2) is 30.3 Å². The molecule has 0 saturated carbocycles. The molecule has 0 atom stereocenters. The van der Waals surface area contributed by atoms with Crippen molar-refractivity contribution in [3.05, 3.63) is 54.1 Å². The standard InChI is InChI=1S/C23H30N4O3/c1-15(2)13-21(28)26-20-11-9-18(10-12-20)24-14-22(29)27-19-7-5-17(6-8-19)23(30)25-16(3)4/h5-12,15-16,24H,13-14H2,1-4H3,(H,25,30)(H,26,28)(H,27,29). The second-order valence-electron chi connectivity index (χ2n) is 7.83. The molecular formula is C23H30N4O3. The molecule has 2 aromatic carbocycles. The Morgan fingerprint density at radius 3 is 1.77 bits per heavy atom. The smallest absolute Gasteiger partial charge is 0.251 e. The summed E-state index contributed by atoms with van der Waals surface area (Å²) in [6, 6.07) is 14.0. The van der Waals surface area contributed by atoms with E-state index in [1.54, 1.807) is 48.5 Å². The lowest BCUT2D eigenvalue weighted by molar-refractivity contribution is -0.117. The van der Waals surface area contributed by atoms with Crippen LogP contribution in [0.4, 0.5) is 17.1 Å². The molecule has 7 heteroatoms. The van der Waals surface area contributed by atoms with Crippen molar-refractivity contribution in [3.8, 4) is 0 Å². The molecule has 2 aromatic rings. The fourth-order valence-corrected chi connectivity index (χ4v) is 2.69. The molecule has 0 aliphatic rings. The Morgan fingerprint density at radius 2 is 1.23 bits per heavy atom. The van der Waals surface area contributed by atoms with Crippen molar-refractivity contribution in [1.82, 2.24) is 5.32 Å². The summed E-state index contributed by atoms with van der Waals surface area (Å²) in [6.07, 6.45) is 0.476. The third-order valence-corrected chi connectivity index (χ3v) is 4.07. The summed E-state index contributed by atoms with van der Waals surface area (Å²) in [4.78, 5) is 35.9. The molecular weight excluding hydrogens is 380 g/mol. The van der Waals surface area contributed by atoms with E-state index in [0.717, 1.165) is 11.4 Å². The van der Waals surface area contributed by atoms with Crippen LogP contribution < -0.4 is 21.3 Å². The number of carbonyl (C=O) groups excluding carboxylic acids is 3. The Kier molecular flexibility index (Phi) is 8.41. The summed E-state index contributed by atoms with van der Waals surface area (Å²) >= 11 is 0. The van der Waals surface area contributed by atoms with Gasteiger partial charge in [0, 0.05) is 35.1 Å². The highest BCUT2D eigenvalue weighted by molar-refractivity contribution is 5.97. The van der Waals surface area contributed by atoms with Crippen LogP contribution in [0.15, 0.2) is 48.5 Å². The highest BCUT2D eigenvalue weighted by atomic mass is 16.2. The second-order valence-corrected chi connectivity index (χ2v) is 7.83. The Morgan fingerprint density at radius 1 is 0.733 bits per heavy atom. The zero-order valence-electron chi connectivity index (χ0n) is 17.9. The Bertz CT molecular complexity index is 859. The summed E-state index contributed by atoms with van der Waals surface area (Å²) in [5.41, 5.74) is 2.65. The molecule has 160 valence electrons. The molecule has 0 aromatic heterocycles. The van der Waals surface area contributed by atoms with E-state index >= 15 is 0 Å².